The van der Waals surface area contributed by atoms with Crippen molar-refractivity contribution < 1.29 is 13.9 Å². The van der Waals surface area contributed by atoms with Crippen molar-refractivity contribution in [2.45, 2.75) is 38.3 Å². The molecule has 2 fully saturated rings. The Morgan fingerprint density at radius 3 is 3.00 bits per heavy atom. The van der Waals surface area contributed by atoms with Crippen molar-refractivity contribution in [2.75, 3.05) is 33.3 Å². The van der Waals surface area contributed by atoms with Crippen LogP contribution in [0.2, 0.25) is 0 Å². The van der Waals surface area contributed by atoms with Gasteiger partial charge in [0.2, 0.25) is 5.91 Å². The molecule has 2 unspecified atom stereocenters. The van der Waals surface area contributed by atoms with Gasteiger partial charge in [0, 0.05) is 19.6 Å². The van der Waals surface area contributed by atoms with E-state index in [-0.39, 0.29) is 23.5 Å². The quantitative estimate of drug-likeness (QED) is 0.824. The average molecular weight is 349 g/mol. The molecule has 2 saturated heterocycles. The zero-order valence-corrected chi connectivity index (χ0v) is 14.9. The van der Waals surface area contributed by atoms with E-state index in [9.17, 15) is 9.18 Å². The maximum atomic E-state index is 13.8. The highest BCUT2D eigenvalue weighted by molar-refractivity contribution is 5.81. The van der Waals surface area contributed by atoms with E-state index in [2.05, 4.69) is 15.5 Å². The summed E-state index contributed by atoms with van der Waals surface area (Å²) in [5.41, 5.74) is 0.957. The third-order valence-electron chi connectivity index (χ3n) is 5.17. The molecule has 0 saturated carbocycles. The van der Waals surface area contributed by atoms with Gasteiger partial charge in [-0.25, -0.2) is 4.39 Å². The van der Waals surface area contributed by atoms with Crippen LogP contribution in [0.4, 0.5) is 4.39 Å². The summed E-state index contributed by atoms with van der Waals surface area (Å²) in [7, 11) is 1.47. The summed E-state index contributed by atoms with van der Waals surface area (Å²) >= 11 is 0. The highest BCUT2D eigenvalue weighted by Gasteiger charge is 2.24. The summed E-state index contributed by atoms with van der Waals surface area (Å²) in [6.45, 7) is 4.35. The van der Waals surface area contributed by atoms with Gasteiger partial charge in [-0.05, 0) is 62.4 Å². The van der Waals surface area contributed by atoms with Crippen molar-refractivity contribution in [1.29, 1.82) is 0 Å². The molecule has 3 rings (SSSR count). The van der Waals surface area contributed by atoms with E-state index >= 15 is 0 Å². The number of carbonyl (C=O) groups is 1. The minimum atomic E-state index is -0.315. The first-order valence-electron chi connectivity index (χ1n) is 9.21. The van der Waals surface area contributed by atoms with Crippen LogP contribution >= 0.6 is 0 Å². The number of rotatable bonds is 6. The first kappa shape index (κ1) is 18.1. The SMILES string of the molecule is COc1ccc(CN2CCCC(CNC(=O)C3CCCN3)C2)cc1F. The van der Waals surface area contributed by atoms with Gasteiger partial charge in [-0.15, -0.1) is 0 Å². The fraction of sp³-hybridized carbons (Fsp3) is 0.632. The fourth-order valence-electron chi connectivity index (χ4n) is 3.80. The van der Waals surface area contributed by atoms with Crippen molar-refractivity contribution in [1.82, 2.24) is 15.5 Å². The lowest BCUT2D eigenvalue weighted by Crippen LogP contribution is -2.45. The Kier molecular flexibility index (Phi) is 6.26. The Hall–Kier alpha value is -1.66. The van der Waals surface area contributed by atoms with E-state index in [0.29, 0.717) is 5.92 Å². The number of hydrogen-bond donors (Lipinski definition) is 2. The van der Waals surface area contributed by atoms with Crippen LogP contribution in [0.25, 0.3) is 0 Å². The van der Waals surface area contributed by atoms with Crippen LogP contribution in [0, 0.1) is 11.7 Å². The molecular weight excluding hydrogens is 321 g/mol. The van der Waals surface area contributed by atoms with Crippen LogP contribution in [0.3, 0.4) is 0 Å². The van der Waals surface area contributed by atoms with Crippen LogP contribution < -0.4 is 15.4 Å². The Morgan fingerprint density at radius 1 is 1.40 bits per heavy atom. The van der Waals surface area contributed by atoms with Gasteiger partial charge >= 0.3 is 0 Å². The molecule has 2 N–H and O–H groups in total. The van der Waals surface area contributed by atoms with Crippen molar-refractivity contribution in [3.8, 4) is 5.75 Å². The zero-order valence-electron chi connectivity index (χ0n) is 14.9. The van der Waals surface area contributed by atoms with Gasteiger partial charge in [0.05, 0.1) is 13.2 Å². The lowest BCUT2D eigenvalue weighted by Gasteiger charge is -2.33. The van der Waals surface area contributed by atoms with E-state index in [1.54, 1.807) is 12.1 Å². The second kappa shape index (κ2) is 8.63. The fourth-order valence-corrected chi connectivity index (χ4v) is 3.80. The number of amides is 1. The first-order chi connectivity index (χ1) is 12.2. The summed E-state index contributed by atoms with van der Waals surface area (Å²) in [6.07, 6.45) is 4.26. The number of nitrogens with one attached hydrogen (secondary N) is 2. The van der Waals surface area contributed by atoms with Gasteiger partial charge in [-0.2, -0.15) is 0 Å². The lowest BCUT2D eigenvalue weighted by atomic mass is 9.97. The Morgan fingerprint density at radius 2 is 2.28 bits per heavy atom. The molecule has 5 nitrogen and oxygen atoms in total. The number of likely N-dealkylation sites (tertiary alicyclic amines) is 1. The Labute approximate surface area is 148 Å². The number of ether oxygens (including phenoxy) is 1. The lowest BCUT2D eigenvalue weighted by molar-refractivity contribution is -0.123. The summed E-state index contributed by atoms with van der Waals surface area (Å²) in [6, 6.07) is 5.14. The standard InChI is InChI=1S/C19H28FN3O2/c1-25-18-7-6-14(10-16(18)20)12-23-9-3-4-15(13-23)11-22-19(24)17-5-2-8-21-17/h6-7,10,15,17,21H,2-5,8-9,11-13H2,1H3,(H,22,24). The van der Waals surface area contributed by atoms with Crippen LogP contribution in [0.1, 0.15) is 31.2 Å². The molecule has 0 radical (unpaired) electrons. The van der Waals surface area contributed by atoms with E-state index < -0.39 is 0 Å². The smallest absolute Gasteiger partial charge is 0.237 e. The molecular formula is C19H28FN3O2. The highest BCUT2D eigenvalue weighted by Crippen LogP contribution is 2.22. The predicted octanol–water partition coefficient (Wildman–Crippen LogP) is 1.91. The molecule has 2 heterocycles. The third-order valence-corrected chi connectivity index (χ3v) is 5.17. The minimum absolute atomic E-state index is 0.0121. The molecule has 0 aliphatic carbocycles. The second-order valence-corrected chi connectivity index (χ2v) is 7.11. The van der Waals surface area contributed by atoms with Gasteiger partial charge in [-0.1, -0.05) is 6.07 Å². The second-order valence-electron chi connectivity index (χ2n) is 7.11. The van der Waals surface area contributed by atoms with Gasteiger partial charge < -0.3 is 15.4 Å². The average Bonchev–Trinajstić information content (AvgIpc) is 3.15. The first-order valence-corrected chi connectivity index (χ1v) is 9.21. The van der Waals surface area contributed by atoms with E-state index in [1.165, 1.54) is 7.11 Å². The normalized spacial score (nSPS) is 24.2. The zero-order chi connectivity index (χ0) is 17.6. The number of hydrogen-bond acceptors (Lipinski definition) is 4. The Balaban J connectivity index is 1.47. The largest absolute Gasteiger partial charge is 0.494 e. The molecule has 1 amide bonds. The maximum absolute atomic E-state index is 13.8. The highest BCUT2D eigenvalue weighted by atomic mass is 19.1. The number of halogens is 1. The molecule has 2 aliphatic rings. The van der Waals surface area contributed by atoms with Crippen LogP contribution in [0.15, 0.2) is 18.2 Å². The van der Waals surface area contributed by atoms with E-state index in [4.69, 9.17) is 4.74 Å². The molecule has 1 aromatic rings. The molecule has 25 heavy (non-hydrogen) atoms. The Bertz CT molecular complexity index is 590. The molecule has 0 spiro atoms. The number of benzene rings is 1. The third kappa shape index (κ3) is 4.92. The van der Waals surface area contributed by atoms with Crippen LogP contribution in [-0.4, -0.2) is 50.1 Å². The monoisotopic (exact) mass is 349 g/mol. The molecule has 138 valence electrons. The van der Waals surface area contributed by atoms with Crippen molar-refractivity contribution in [3.05, 3.63) is 29.6 Å². The van der Waals surface area contributed by atoms with Crippen LogP contribution in [-0.2, 0) is 11.3 Å². The van der Waals surface area contributed by atoms with E-state index in [0.717, 1.165) is 64.0 Å². The van der Waals surface area contributed by atoms with Gasteiger partial charge in [0.15, 0.2) is 11.6 Å². The number of nitrogens with zero attached hydrogens (tertiary/aromatic N) is 1. The summed E-state index contributed by atoms with van der Waals surface area (Å²) in [5.74, 6) is 0.558. The molecule has 2 atom stereocenters. The summed E-state index contributed by atoms with van der Waals surface area (Å²) in [4.78, 5) is 14.5. The summed E-state index contributed by atoms with van der Waals surface area (Å²) < 4.78 is 18.8. The molecule has 2 aliphatic heterocycles. The topological polar surface area (TPSA) is 53.6 Å². The van der Waals surface area contributed by atoms with Crippen LogP contribution in [0.5, 0.6) is 5.75 Å². The van der Waals surface area contributed by atoms with Crippen molar-refractivity contribution >= 4 is 5.91 Å². The molecule has 1 aromatic carbocycles. The predicted molar refractivity (Wildman–Crippen MR) is 95.0 cm³/mol. The number of carbonyl (C=O) groups excluding carboxylic acids is 1. The number of methoxy groups -OCH3 is 1. The van der Waals surface area contributed by atoms with E-state index in [1.807, 2.05) is 6.07 Å². The minimum Gasteiger partial charge on any atom is -0.494 e. The number of piperidine rings is 1. The van der Waals surface area contributed by atoms with Crippen molar-refractivity contribution in [3.63, 3.8) is 0 Å². The molecule has 0 bridgehead atoms. The van der Waals surface area contributed by atoms with Crippen molar-refractivity contribution in [2.24, 2.45) is 5.92 Å². The maximum Gasteiger partial charge on any atom is 0.237 e. The van der Waals surface area contributed by atoms with Gasteiger partial charge in [0.1, 0.15) is 0 Å². The van der Waals surface area contributed by atoms with Gasteiger partial charge in [-0.3, -0.25) is 9.69 Å². The van der Waals surface area contributed by atoms with Gasteiger partial charge in [0.25, 0.3) is 0 Å². The summed E-state index contributed by atoms with van der Waals surface area (Å²) in [5, 5.41) is 6.33. The molecule has 6 heteroatoms. The molecule has 0 aromatic heterocycles.